The highest BCUT2D eigenvalue weighted by atomic mass is 16.5. The third-order valence-electron chi connectivity index (χ3n) is 3.80. The van der Waals surface area contributed by atoms with E-state index in [-0.39, 0.29) is 6.42 Å². The van der Waals surface area contributed by atoms with Crippen molar-refractivity contribution in [3.8, 4) is 12.3 Å². The predicted molar refractivity (Wildman–Crippen MR) is 100 cm³/mol. The zero-order chi connectivity index (χ0) is 19.1. The highest BCUT2D eigenvalue weighted by molar-refractivity contribution is 6.03. The van der Waals surface area contributed by atoms with E-state index in [1.54, 1.807) is 18.3 Å². The quantitative estimate of drug-likeness (QED) is 0.593. The van der Waals surface area contributed by atoms with Gasteiger partial charge in [0.25, 0.3) is 5.91 Å². The van der Waals surface area contributed by atoms with Crippen LogP contribution in [0.1, 0.15) is 32.7 Å². The summed E-state index contributed by atoms with van der Waals surface area (Å²) < 4.78 is 4.79. The van der Waals surface area contributed by atoms with Crippen LogP contribution in [-0.2, 0) is 16.0 Å². The maximum Gasteiger partial charge on any atom is 0.328 e. The van der Waals surface area contributed by atoms with Gasteiger partial charge in [-0.15, -0.1) is 6.42 Å². The Morgan fingerprint density at radius 3 is 2.50 bits per heavy atom. The lowest BCUT2D eigenvalue weighted by atomic mass is 9.96. The summed E-state index contributed by atoms with van der Waals surface area (Å²) in [6.45, 7) is 7.46. The minimum atomic E-state index is -0.879. The largest absolute Gasteiger partial charge is 0.467 e. The fraction of sp³-hybridized carbons (Fsp3) is 0.150. The molecule has 6 nitrogen and oxygen atoms in total. The molecule has 0 aliphatic heterocycles. The standard InChI is InChI=1S/C20H19N3O3/c1-5-13-8-14(6-2)18(15(7-3)9-13)19(24)23-17(20(25)26-4)10-16-11-21-12-22-16/h1,6-9,11-12,17H,2-3,10H2,4H3,(H,21,22)(H,23,24)/t17-/m1/s1. The van der Waals surface area contributed by atoms with Gasteiger partial charge < -0.3 is 15.0 Å². The fourth-order valence-corrected chi connectivity index (χ4v) is 2.54. The normalized spacial score (nSPS) is 11.1. The zero-order valence-corrected chi connectivity index (χ0v) is 14.4. The number of nitrogens with one attached hydrogen (secondary N) is 2. The van der Waals surface area contributed by atoms with Gasteiger partial charge >= 0.3 is 5.97 Å². The van der Waals surface area contributed by atoms with Crippen LogP contribution in [0.15, 0.2) is 37.8 Å². The van der Waals surface area contributed by atoms with E-state index in [2.05, 4.69) is 34.4 Å². The number of methoxy groups -OCH3 is 1. The van der Waals surface area contributed by atoms with Crippen molar-refractivity contribution >= 4 is 24.0 Å². The van der Waals surface area contributed by atoms with E-state index in [0.717, 1.165) is 0 Å². The summed E-state index contributed by atoms with van der Waals surface area (Å²) in [4.78, 5) is 31.7. The van der Waals surface area contributed by atoms with Crippen molar-refractivity contribution in [1.82, 2.24) is 15.3 Å². The van der Waals surface area contributed by atoms with Crippen molar-refractivity contribution in [2.75, 3.05) is 7.11 Å². The Hall–Kier alpha value is -3.59. The van der Waals surface area contributed by atoms with E-state index < -0.39 is 17.9 Å². The molecule has 1 amide bonds. The van der Waals surface area contributed by atoms with Crippen molar-refractivity contribution in [2.24, 2.45) is 0 Å². The Morgan fingerprint density at radius 1 is 1.38 bits per heavy atom. The summed E-state index contributed by atoms with van der Waals surface area (Å²) in [7, 11) is 1.26. The molecular formula is C20H19N3O3. The number of carbonyl (C=O) groups is 2. The molecule has 0 radical (unpaired) electrons. The van der Waals surface area contributed by atoms with Gasteiger partial charge in [0.2, 0.25) is 0 Å². The van der Waals surface area contributed by atoms with Crippen molar-refractivity contribution in [2.45, 2.75) is 12.5 Å². The molecule has 1 aromatic heterocycles. The molecule has 2 aromatic rings. The van der Waals surface area contributed by atoms with Gasteiger partial charge in [0.05, 0.1) is 19.0 Å². The van der Waals surface area contributed by atoms with Crippen LogP contribution in [0.2, 0.25) is 0 Å². The van der Waals surface area contributed by atoms with Crippen LogP contribution in [0.5, 0.6) is 0 Å². The van der Waals surface area contributed by atoms with Gasteiger partial charge in [-0.05, 0) is 23.3 Å². The number of rotatable bonds is 7. The molecule has 0 saturated heterocycles. The molecule has 0 aliphatic carbocycles. The van der Waals surface area contributed by atoms with Crippen molar-refractivity contribution < 1.29 is 14.3 Å². The number of aromatic nitrogens is 2. The molecule has 0 aliphatic rings. The second-order valence-electron chi connectivity index (χ2n) is 5.41. The number of carbonyl (C=O) groups excluding carboxylic acids is 2. The zero-order valence-electron chi connectivity index (χ0n) is 14.4. The summed E-state index contributed by atoms with van der Waals surface area (Å²) in [5.74, 6) is 1.52. The maximum absolute atomic E-state index is 12.9. The van der Waals surface area contributed by atoms with Crippen molar-refractivity contribution in [1.29, 1.82) is 0 Å². The molecule has 1 atom stereocenters. The third kappa shape index (κ3) is 4.08. The SMILES string of the molecule is C#Cc1cc(C=C)c(C(=O)N[C@H](Cc2cnc[nH]2)C(=O)OC)c(C=C)c1. The Balaban J connectivity index is 2.37. The van der Waals surface area contributed by atoms with Crippen LogP contribution < -0.4 is 5.32 Å². The van der Waals surface area contributed by atoms with E-state index in [4.69, 9.17) is 11.2 Å². The number of ether oxygens (including phenoxy) is 1. The summed E-state index contributed by atoms with van der Waals surface area (Å²) in [5, 5.41) is 2.70. The van der Waals surface area contributed by atoms with Gasteiger partial charge in [-0.3, -0.25) is 4.79 Å². The molecule has 132 valence electrons. The molecule has 0 saturated carbocycles. The first-order valence-corrected chi connectivity index (χ1v) is 7.79. The highest BCUT2D eigenvalue weighted by Crippen LogP contribution is 2.20. The Bertz CT molecular complexity index is 847. The van der Waals surface area contributed by atoms with E-state index in [1.807, 2.05) is 0 Å². The molecular weight excluding hydrogens is 330 g/mol. The topological polar surface area (TPSA) is 84.1 Å². The molecule has 0 spiro atoms. The molecule has 0 fully saturated rings. The van der Waals surface area contributed by atoms with Crippen LogP contribution in [0.3, 0.4) is 0 Å². The Morgan fingerprint density at radius 2 is 2.04 bits per heavy atom. The lowest BCUT2D eigenvalue weighted by Crippen LogP contribution is -2.43. The van der Waals surface area contributed by atoms with E-state index in [0.29, 0.717) is 27.9 Å². The molecule has 2 N–H and O–H groups in total. The maximum atomic E-state index is 12.9. The number of terminal acetylenes is 1. The number of amides is 1. The molecule has 6 heteroatoms. The lowest BCUT2D eigenvalue weighted by Gasteiger charge is -2.18. The second-order valence-corrected chi connectivity index (χ2v) is 5.41. The number of nitrogens with zero attached hydrogens (tertiary/aromatic N) is 1. The molecule has 0 unspecified atom stereocenters. The van der Waals surface area contributed by atoms with Gasteiger partial charge in [0, 0.05) is 23.9 Å². The summed E-state index contributed by atoms with van der Waals surface area (Å²) in [6.07, 6.45) is 11.8. The summed E-state index contributed by atoms with van der Waals surface area (Å²) >= 11 is 0. The van der Waals surface area contributed by atoms with E-state index >= 15 is 0 Å². The summed E-state index contributed by atoms with van der Waals surface area (Å²) in [5.41, 5.74) is 2.74. The van der Waals surface area contributed by atoms with Gasteiger partial charge in [-0.25, -0.2) is 9.78 Å². The first kappa shape index (κ1) is 18.7. The summed E-state index contributed by atoms with van der Waals surface area (Å²) in [6, 6.07) is 2.48. The molecule has 1 aromatic carbocycles. The van der Waals surface area contributed by atoms with E-state index in [1.165, 1.54) is 25.6 Å². The third-order valence-corrected chi connectivity index (χ3v) is 3.80. The number of hydrogen-bond acceptors (Lipinski definition) is 4. The number of hydrogen-bond donors (Lipinski definition) is 2. The average molecular weight is 349 g/mol. The predicted octanol–water partition coefficient (Wildman–Crippen LogP) is 2.19. The van der Waals surface area contributed by atoms with Crippen LogP contribution in [0.4, 0.5) is 0 Å². The van der Waals surface area contributed by atoms with Crippen molar-refractivity contribution in [3.05, 3.63) is 65.8 Å². The van der Waals surface area contributed by atoms with Crippen molar-refractivity contribution in [3.63, 3.8) is 0 Å². The number of H-pyrrole nitrogens is 1. The number of benzene rings is 1. The van der Waals surface area contributed by atoms with Crippen LogP contribution >= 0.6 is 0 Å². The Labute approximate surface area is 152 Å². The van der Waals surface area contributed by atoms with Gasteiger partial charge in [0.15, 0.2) is 0 Å². The molecule has 0 bridgehead atoms. The van der Waals surface area contributed by atoms with Gasteiger partial charge in [0.1, 0.15) is 6.04 Å². The van der Waals surface area contributed by atoms with Crippen LogP contribution in [-0.4, -0.2) is 35.0 Å². The minimum Gasteiger partial charge on any atom is -0.467 e. The first-order valence-electron chi connectivity index (χ1n) is 7.79. The molecule has 26 heavy (non-hydrogen) atoms. The van der Waals surface area contributed by atoms with Gasteiger partial charge in [-0.2, -0.15) is 0 Å². The molecule has 2 rings (SSSR count). The average Bonchev–Trinajstić information content (AvgIpc) is 3.18. The van der Waals surface area contributed by atoms with E-state index in [9.17, 15) is 9.59 Å². The van der Waals surface area contributed by atoms with Gasteiger partial charge in [-0.1, -0.05) is 31.2 Å². The fourth-order valence-electron chi connectivity index (χ4n) is 2.54. The highest BCUT2D eigenvalue weighted by Gasteiger charge is 2.25. The lowest BCUT2D eigenvalue weighted by molar-refractivity contribution is -0.142. The second kappa shape index (κ2) is 8.49. The minimum absolute atomic E-state index is 0.216. The number of esters is 1. The molecule has 1 heterocycles. The van der Waals surface area contributed by atoms with Crippen LogP contribution in [0.25, 0.3) is 12.2 Å². The number of imidazole rings is 1. The Kier molecular flexibility index (Phi) is 6.12. The monoisotopic (exact) mass is 349 g/mol. The number of aromatic amines is 1. The van der Waals surface area contributed by atoms with Crippen LogP contribution in [0, 0.1) is 12.3 Å². The smallest absolute Gasteiger partial charge is 0.328 e. The first-order chi connectivity index (χ1) is 12.5.